The molecule has 1 fully saturated rings. The van der Waals surface area contributed by atoms with E-state index in [1.54, 1.807) is 37.3 Å². The Bertz CT molecular complexity index is 617. The first kappa shape index (κ1) is 18.1. The highest BCUT2D eigenvalue weighted by Crippen LogP contribution is 2.37. The molecule has 0 aliphatic heterocycles. The van der Waals surface area contributed by atoms with Gasteiger partial charge in [-0.25, -0.2) is 0 Å². The third-order valence-corrected chi connectivity index (χ3v) is 4.36. The summed E-state index contributed by atoms with van der Waals surface area (Å²) in [4.78, 5) is 26.1. The van der Waals surface area contributed by atoms with Crippen LogP contribution in [-0.2, 0) is 4.79 Å². The van der Waals surface area contributed by atoms with E-state index >= 15 is 0 Å². The van der Waals surface area contributed by atoms with Gasteiger partial charge in [0, 0.05) is 31.1 Å². The molecule has 6 nitrogen and oxygen atoms in total. The molecule has 24 heavy (non-hydrogen) atoms. The molecule has 1 unspecified atom stereocenters. The Balaban J connectivity index is 1.95. The average Bonchev–Trinajstić information content (AvgIpc) is 3.30. The quantitative estimate of drug-likeness (QED) is 0.827. The van der Waals surface area contributed by atoms with Crippen LogP contribution in [-0.4, -0.2) is 50.6 Å². The SMILES string of the molecule is COc1ccc(C(=O)N(C)CC(C)NC(=O)[C@H]2C[C@@H]2C)cc1OC. The van der Waals surface area contributed by atoms with Gasteiger partial charge in [-0.3, -0.25) is 9.59 Å². The van der Waals surface area contributed by atoms with E-state index in [1.807, 2.05) is 6.92 Å². The highest BCUT2D eigenvalue weighted by molar-refractivity contribution is 5.94. The van der Waals surface area contributed by atoms with Crippen molar-refractivity contribution in [2.45, 2.75) is 26.3 Å². The van der Waals surface area contributed by atoms with Crippen LogP contribution in [0.4, 0.5) is 0 Å². The van der Waals surface area contributed by atoms with Gasteiger partial charge in [-0.1, -0.05) is 6.92 Å². The maximum atomic E-state index is 12.5. The lowest BCUT2D eigenvalue weighted by molar-refractivity contribution is -0.123. The molecule has 0 bridgehead atoms. The molecule has 2 rings (SSSR count). The molecular weight excluding hydrogens is 308 g/mol. The summed E-state index contributed by atoms with van der Waals surface area (Å²) in [5.41, 5.74) is 0.518. The lowest BCUT2D eigenvalue weighted by atomic mass is 10.1. The van der Waals surface area contributed by atoms with Gasteiger partial charge < -0.3 is 19.7 Å². The summed E-state index contributed by atoms with van der Waals surface area (Å²) in [6, 6.07) is 4.97. The fraction of sp³-hybridized carbons (Fsp3) is 0.556. The monoisotopic (exact) mass is 334 g/mol. The van der Waals surface area contributed by atoms with Crippen molar-refractivity contribution in [3.63, 3.8) is 0 Å². The van der Waals surface area contributed by atoms with Crippen molar-refractivity contribution in [1.82, 2.24) is 10.2 Å². The Morgan fingerprint density at radius 1 is 1.29 bits per heavy atom. The Labute approximate surface area is 143 Å². The fourth-order valence-electron chi connectivity index (χ4n) is 2.77. The van der Waals surface area contributed by atoms with Crippen LogP contribution in [0.5, 0.6) is 11.5 Å². The molecule has 6 heteroatoms. The Morgan fingerprint density at radius 2 is 1.92 bits per heavy atom. The van der Waals surface area contributed by atoms with Crippen molar-refractivity contribution in [3.05, 3.63) is 23.8 Å². The molecule has 1 aromatic carbocycles. The molecule has 1 aromatic rings. The van der Waals surface area contributed by atoms with Gasteiger partial charge in [-0.15, -0.1) is 0 Å². The number of likely N-dealkylation sites (N-methyl/N-ethyl adjacent to an activating group) is 1. The molecule has 1 N–H and O–H groups in total. The number of carbonyl (C=O) groups is 2. The van der Waals surface area contributed by atoms with Crippen molar-refractivity contribution in [3.8, 4) is 11.5 Å². The van der Waals surface area contributed by atoms with Gasteiger partial charge in [-0.2, -0.15) is 0 Å². The Kier molecular flexibility index (Phi) is 5.70. The molecule has 0 spiro atoms. The van der Waals surface area contributed by atoms with Crippen LogP contribution in [0.25, 0.3) is 0 Å². The molecule has 0 aromatic heterocycles. The second kappa shape index (κ2) is 7.55. The van der Waals surface area contributed by atoms with Crippen LogP contribution in [0.15, 0.2) is 18.2 Å². The second-order valence-electron chi connectivity index (χ2n) is 6.48. The summed E-state index contributed by atoms with van der Waals surface area (Å²) in [5, 5.41) is 2.97. The second-order valence-corrected chi connectivity index (χ2v) is 6.48. The standard InChI is InChI=1S/C18H26N2O4/c1-11-8-14(11)17(21)19-12(2)10-20(3)18(22)13-6-7-15(23-4)16(9-13)24-5/h6-7,9,11-12,14H,8,10H2,1-5H3,(H,19,21)/t11-,12?,14-/m0/s1. The average molecular weight is 334 g/mol. The van der Waals surface area contributed by atoms with E-state index in [1.165, 1.54) is 7.11 Å². The molecule has 0 heterocycles. The van der Waals surface area contributed by atoms with Crippen LogP contribution in [0.2, 0.25) is 0 Å². The molecule has 1 saturated carbocycles. The van der Waals surface area contributed by atoms with Gasteiger partial charge in [-0.05, 0) is 37.5 Å². The maximum Gasteiger partial charge on any atom is 0.253 e. The Hall–Kier alpha value is -2.24. The van der Waals surface area contributed by atoms with Crippen molar-refractivity contribution in [2.24, 2.45) is 11.8 Å². The third-order valence-electron chi connectivity index (χ3n) is 4.36. The first-order valence-corrected chi connectivity index (χ1v) is 8.15. The van der Waals surface area contributed by atoms with Crippen LogP contribution in [0, 0.1) is 11.8 Å². The van der Waals surface area contributed by atoms with E-state index in [0.717, 1.165) is 6.42 Å². The van der Waals surface area contributed by atoms with Gasteiger partial charge in [0.2, 0.25) is 5.91 Å². The fourth-order valence-corrected chi connectivity index (χ4v) is 2.77. The number of rotatable bonds is 7. The number of ether oxygens (including phenoxy) is 2. The number of nitrogens with zero attached hydrogens (tertiary/aromatic N) is 1. The first-order valence-electron chi connectivity index (χ1n) is 8.15. The normalized spacial score (nSPS) is 20.0. The largest absolute Gasteiger partial charge is 0.493 e. The van der Waals surface area contributed by atoms with Gasteiger partial charge in [0.25, 0.3) is 5.91 Å². The topological polar surface area (TPSA) is 67.9 Å². The van der Waals surface area contributed by atoms with Gasteiger partial charge in [0.1, 0.15) is 0 Å². The van der Waals surface area contributed by atoms with Crippen LogP contribution >= 0.6 is 0 Å². The minimum Gasteiger partial charge on any atom is -0.493 e. The summed E-state index contributed by atoms with van der Waals surface area (Å²) in [5.74, 6) is 1.66. The van der Waals surface area contributed by atoms with Crippen molar-refractivity contribution in [2.75, 3.05) is 27.8 Å². The lowest BCUT2D eigenvalue weighted by Crippen LogP contribution is -2.43. The van der Waals surface area contributed by atoms with E-state index in [4.69, 9.17) is 9.47 Å². The summed E-state index contributed by atoms with van der Waals surface area (Å²) in [6.45, 7) is 4.42. The molecule has 2 amide bonds. The highest BCUT2D eigenvalue weighted by Gasteiger charge is 2.39. The van der Waals surface area contributed by atoms with Gasteiger partial charge in [0.15, 0.2) is 11.5 Å². The third kappa shape index (κ3) is 4.19. The van der Waals surface area contributed by atoms with Crippen molar-refractivity contribution in [1.29, 1.82) is 0 Å². The lowest BCUT2D eigenvalue weighted by Gasteiger charge is -2.23. The summed E-state index contributed by atoms with van der Waals surface area (Å²) in [7, 11) is 4.81. The molecule has 0 saturated heterocycles. The zero-order valence-electron chi connectivity index (χ0n) is 15.0. The van der Waals surface area contributed by atoms with E-state index in [9.17, 15) is 9.59 Å². The minimum atomic E-state index is -0.128. The number of amides is 2. The Morgan fingerprint density at radius 3 is 2.46 bits per heavy atom. The van der Waals surface area contributed by atoms with Crippen LogP contribution in [0.3, 0.4) is 0 Å². The maximum absolute atomic E-state index is 12.5. The highest BCUT2D eigenvalue weighted by atomic mass is 16.5. The van der Waals surface area contributed by atoms with Crippen LogP contribution < -0.4 is 14.8 Å². The van der Waals surface area contributed by atoms with E-state index in [2.05, 4.69) is 12.2 Å². The van der Waals surface area contributed by atoms with Gasteiger partial charge in [0.05, 0.1) is 14.2 Å². The predicted octanol–water partition coefficient (Wildman–Crippen LogP) is 1.94. The summed E-state index contributed by atoms with van der Waals surface area (Å²) < 4.78 is 10.4. The van der Waals surface area contributed by atoms with E-state index in [-0.39, 0.29) is 23.8 Å². The van der Waals surface area contributed by atoms with E-state index in [0.29, 0.717) is 29.5 Å². The number of nitrogens with one attached hydrogen (secondary N) is 1. The smallest absolute Gasteiger partial charge is 0.253 e. The number of hydrogen-bond acceptors (Lipinski definition) is 4. The zero-order valence-corrected chi connectivity index (χ0v) is 15.0. The zero-order chi connectivity index (χ0) is 17.9. The summed E-state index contributed by atoms with van der Waals surface area (Å²) in [6.07, 6.45) is 0.957. The van der Waals surface area contributed by atoms with Crippen LogP contribution in [0.1, 0.15) is 30.6 Å². The molecule has 0 radical (unpaired) electrons. The van der Waals surface area contributed by atoms with Crippen molar-refractivity contribution >= 4 is 11.8 Å². The number of carbonyl (C=O) groups excluding carboxylic acids is 2. The van der Waals surface area contributed by atoms with Crippen molar-refractivity contribution < 1.29 is 19.1 Å². The number of hydrogen-bond donors (Lipinski definition) is 1. The molecule has 3 atom stereocenters. The van der Waals surface area contributed by atoms with E-state index < -0.39 is 0 Å². The predicted molar refractivity (Wildman–Crippen MR) is 91.4 cm³/mol. The number of methoxy groups -OCH3 is 2. The minimum absolute atomic E-state index is 0.0852. The molecular formula is C18H26N2O4. The number of benzene rings is 1. The first-order chi connectivity index (χ1) is 11.4. The molecule has 132 valence electrons. The summed E-state index contributed by atoms with van der Waals surface area (Å²) >= 11 is 0. The molecule has 1 aliphatic carbocycles. The molecule has 1 aliphatic rings. The van der Waals surface area contributed by atoms with Gasteiger partial charge >= 0.3 is 0 Å².